The Morgan fingerprint density at radius 3 is 2.56 bits per heavy atom. The summed E-state index contributed by atoms with van der Waals surface area (Å²) in [5, 5.41) is 2.89. The molecule has 0 aliphatic carbocycles. The third-order valence-electron chi connectivity index (χ3n) is 2.21. The molecule has 0 bridgehead atoms. The van der Waals surface area contributed by atoms with Crippen LogP contribution in [0.15, 0.2) is 36.5 Å². The van der Waals surface area contributed by atoms with E-state index in [4.69, 9.17) is 0 Å². The second kappa shape index (κ2) is 10.2. The first-order valence-electron chi connectivity index (χ1n) is 5.95. The van der Waals surface area contributed by atoms with E-state index in [9.17, 15) is 4.79 Å². The molecule has 0 aromatic carbocycles. The molecule has 0 aliphatic heterocycles. The Bertz CT molecular complexity index is 264. The van der Waals surface area contributed by atoms with Gasteiger partial charge in [0.2, 0.25) is 5.91 Å². The number of hydrogen-bond acceptors (Lipinski definition) is 1. The highest BCUT2D eigenvalue weighted by atomic mass is 16.1. The van der Waals surface area contributed by atoms with E-state index in [1.165, 1.54) is 0 Å². The maximum absolute atomic E-state index is 11.3. The van der Waals surface area contributed by atoms with Gasteiger partial charge in [-0.05, 0) is 39.2 Å². The first-order valence-corrected chi connectivity index (χ1v) is 5.95. The Morgan fingerprint density at radius 2 is 1.94 bits per heavy atom. The average molecular weight is 221 g/mol. The van der Waals surface area contributed by atoms with Crippen LogP contribution in [-0.4, -0.2) is 11.9 Å². The predicted octanol–water partition coefficient (Wildman–Crippen LogP) is 3.37. The lowest BCUT2D eigenvalue weighted by molar-refractivity contribution is -0.117. The van der Waals surface area contributed by atoms with Crippen molar-refractivity contribution in [3.05, 3.63) is 36.5 Å². The molecule has 0 fully saturated rings. The molecule has 1 atom stereocenters. The van der Waals surface area contributed by atoms with E-state index in [0.717, 1.165) is 19.3 Å². The number of nitrogens with one attached hydrogen (secondary N) is 1. The Morgan fingerprint density at radius 1 is 1.25 bits per heavy atom. The van der Waals surface area contributed by atoms with Gasteiger partial charge in [-0.15, -0.1) is 0 Å². The van der Waals surface area contributed by atoms with Crippen molar-refractivity contribution >= 4 is 5.91 Å². The Kier molecular flexibility index (Phi) is 9.38. The number of carbonyl (C=O) groups is 1. The van der Waals surface area contributed by atoms with E-state index >= 15 is 0 Å². The molecule has 2 nitrogen and oxygen atoms in total. The fraction of sp³-hybridized carbons (Fsp3) is 0.500. The van der Waals surface area contributed by atoms with Crippen molar-refractivity contribution in [2.24, 2.45) is 0 Å². The zero-order valence-corrected chi connectivity index (χ0v) is 10.6. The predicted molar refractivity (Wildman–Crippen MR) is 70.2 cm³/mol. The van der Waals surface area contributed by atoms with Crippen LogP contribution < -0.4 is 5.32 Å². The highest BCUT2D eigenvalue weighted by molar-refractivity contribution is 5.87. The molecule has 90 valence electrons. The van der Waals surface area contributed by atoms with Gasteiger partial charge in [0.1, 0.15) is 0 Å². The topological polar surface area (TPSA) is 29.1 Å². The molecule has 0 rings (SSSR count). The van der Waals surface area contributed by atoms with Crippen LogP contribution in [-0.2, 0) is 4.79 Å². The maximum Gasteiger partial charge on any atom is 0.243 e. The number of hydrogen-bond donors (Lipinski definition) is 1. The Labute approximate surface area is 99.1 Å². The molecule has 0 radical (unpaired) electrons. The van der Waals surface area contributed by atoms with Crippen molar-refractivity contribution in [1.82, 2.24) is 5.32 Å². The van der Waals surface area contributed by atoms with Gasteiger partial charge in [-0.2, -0.15) is 0 Å². The summed E-state index contributed by atoms with van der Waals surface area (Å²) in [6.07, 6.45) is 14.5. The van der Waals surface area contributed by atoms with Crippen LogP contribution in [0.25, 0.3) is 0 Å². The third-order valence-corrected chi connectivity index (χ3v) is 2.21. The number of rotatable bonds is 7. The van der Waals surface area contributed by atoms with Crippen LogP contribution in [0.5, 0.6) is 0 Å². The highest BCUT2D eigenvalue weighted by Crippen LogP contribution is 1.94. The van der Waals surface area contributed by atoms with Crippen LogP contribution in [0.1, 0.15) is 40.0 Å². The smallest absolute Gasteiger partial charge is 0.243 e. The minimum absolute atomic E-state index is 0.00628. The van der Waals surface area contributed by atoms with Crippen LogP contribution in [0.4, 0.5) is 0 Å². The fourth-order valence-corrected chi connectivity index (χ4v) is 1.06. The summed E-state index contributed by atoms with van der Waals surface area (Å²) in [7, 11) is 0. The Balaban J connectivity index is 3.64. The minimum atomic E-state index is 0.00628. The van der Waals surface area contributed by atoms with Gasteiger partial charge >= 0.3 is 0 Å². The molecule has 16 heavy (non-hydrogen) atoms. The fourth-order valence-electron chi connectivity index (χ4n) is 1.06. The first kappa shape index (κ1) is 14.7. The lowest BCUT2D eigenvalue weighted by Crippen LogP contribution is -2.30. The van der Waals surface area contributed by atoms with Crippen molar-refractivity contribution < 1.29 is 4.79 Å². The number of unbranched alkanes of at least 4 members (excludes halogenated alkanes) is 1. The van der Waals surface area contributed by atoms with E-state index in [0.29, 0.717) is 0 Å². The van der Waals surface area contributed by atoms with E-state index < -0.39 is 0 Å². The zero-order valence-electron chi connectivity index (χ0n) is 10.6. The van der Waals surface area contributed by atoms with Crippen molar-refractivity contribution in [2.75, 3.05) is 0 Å². The number of carbonyl (C=O) groups excluding carboxylic acids is 1. The Hall–Kier alpha value is -1.31. The summed E-state index contributed by atoms with van der Waals surface area (Å²) < 4.78 is 0. The summed E-state index contributed by atoms with van der Waals surface area (Å²) in [4.78, 5) is 11.3. The summed E-state index contributed by atoms with van der Waals surface area (Å²) in [6.45, 7) is 6.05. The molecule has 0 spiro atoms. The molecule has 1 N–H and O–H groups in total. The van der Waals surface area contributed by atoms with Gasteiger partial charge in [-0.25, -0.2) is 0 Å². The van der Waals surface area contributed by atoms with Gasteiger partial charge in [-0.1, -0.05) is 37.3 Å². The molecule has 0 heterocycles. The van der Waals surface area contributed by atoms with Gasteiger partial charge in [0.15, 0.2) is 0 Å². The van der Waals surface area contributed by atoms with Gasteiger partial charge in [0, 0.05) is 6.04 Å². The van der Waals surface area contributed by atoms with E-state index in [1.807, 2.05) is 38.2 Å². The molecule has 0 aromatic heterocycles. The molecular formula is C14H23NO. The monoisotopic (exact) mass is 221 g/mol. The van der Waals surface area contributed by atoms with Crippen LogP contribution in [0, 0.1) is 0 Å². The van der Waals surface area contributed by atoms with Gasteiger partial charge < -0.3 is 5.32 Å². The van der Waals surface area contributed by atoms with Gasteiger partial charge in [0.25, 0.3) is 0 Å². The number of amides is 1. The summed E-state index contributed by atoms with van der Waals surface area (Å²) in [6, 6.07) is 0.256. The molecular weight excluding hydrogens is 198 g/mol. The molecule has 1 amide bonds. The van der Waals surface area contributed by atoms with Gasteiger partial charge in [-0.3, -0.25) is 4.79 Å². The highest BCUT2D eigenvalue weighted by Gasteiger charge is 1.99. The second-order valence-electron chi connectivity index (χ2n) is 3.75. The quantitative estimate of drug-likeness (QED) is 0.398. The summed E-state index contributed by atoms with van der Waals surface area (Å²) in [5.74, 6) is 0.00628. The van der Waals surface area contributed by atoms with E-state index in [2.05, 4.69) is 18.3 Å². The molecule has 0 saturated heterocycles. The summed E-state index contributed by atoms with van der Waals surface area (Å²) in [5.41, 5.74) is 0. The molecule has 2 heteroatoms. The molecule has 1 unspecified atom stereocenters. The third kappa shape index (κ3) is 9.25. The lowest BCUT2D eigenvalue weighted by Gasteiger charge is -2.08. The van der Waals surface area contributed by atoms with Crippen molar-refractivity contribution in [2.45, 2.75) is 46.1 Å². The second-order valence-corrected chi connectivity index (χ2v) is 3.75. The van der Waals surface area contributed by atoms with Crippen LogP contribution in [0.3, 0.4) is 0 Å². The van der Waals surface area contributed by atoms with Gasteiger partial charge in [0.05, 0.1) is 0 Å². The van der Waals surface area contributed by atoms with Crippen LogP contribution >= 0.6 is 0 Å². The van der Waals surface area contributed by atoms with Crippen LogP contribution in [0.2, 0.25) is 0 Å². The molecule has 0 aliphatic rings. The largest absolute Gasteiger partial charge is 0.350 e. The standard InChI is InChI=1S/C14H23NO/c1-4-6-7-8-9-10-11-12-14(16)15-13(3)5-2/h4,6-8,11-13H,5,9-10H2,1-3H3,(H,15,16)/b6-4-,8-7-,12-11+. The minimum Gasteiger partial charge on any atom is -0.350 e. The van der Waals surface area contributed by atoms with E-state index in [1.54, 1.807) is 6.08 Å². The molecule has 0 aromatic rings. The summed E-state index contributed by atoms with van der Waals surface area (Å²) >= 11 is 0. The zero-order chi connectivity index (χ0) is 12.2. The normalized spacial score (nSPS) is 13.9. The first-order chi connectivity index (χ1) is 7.70. The van der Waals surface area contributed by atoms with Crippen molar-refractivity contribution in [1.29, 1.82) is 0 Å². The maximum atomic E-state index is 11.3. The SMILES string of the molecule is C/C=C\C=C/CC/C=C/C(=O)NC(C)CC. The number of allylic oxidation sites excluding steroid dienone is 5. The van der Waals surface area contributed by atoms with E-state index in [-0.39, 0.29) is 11.9 Å². The average Bonchev–Trinajstić information content (AvgIpc) is 2.27. The van der Waals surface area contributed by atoms with Crippen molar-refractivity contribution in [3.63, 3.8) is 0 Å². The molecule has 0 saturated carbocycles. The van der Waals surface area contributed by atoms with Crippen molar-refractivity contribution in [3.8, 4) is 0 Å². The lowest BCUT2D eigenvalue weighted by atomic mass is 10.2.